The summed E-state index contributed by atoms with van der Waals surface area (Å²) in [5.74, 6) is 0.448. The Hall–Kier alpha value is -1.59. The lowest BCUT2D eigenvalue weighted by Gasteiger charge is -2.33. The molecule has 0 N–H and O–H groups in total. The Kier molecular flexibility index (Phi) is 4.34. The zero-order valence-electron chi connectivity index (χ0n) is 13.9. The molecule has 0 saturated carbocycles. The first-order valence-corrected chi connectivity index (χ1v) is 9.66. The van der Waals surface area contributed by atoms with Crippen molar-refractivity contribution < 1.29 is 8.42 Å². The van der Waals surface area contributed by atoms with Crippen molar-refractivity contribution in [3.63, 3.8) is 0 Å². The average molecular weight is 332 g/mol. The Bertz CT molecular complexity index is 778. The molecule has 1 aliphatic rings. The van der Waals surface area contributed by atoms with Gasteiger partial charge in [-0.3, -0.25) is 0 Å². The molecule has 2 heterocycles. The van der Waals surface area contributed by atoms with Gasteiger partial charge in [-0.1, -0.05) is 26.0 Å². The zero-order valence-corrected chi connectivity index (χ0v) is 14.8. The SMILES string of the molecule is CC[C@@H](C)c1ccc(S(=O)(=O)N2CCn3cccc3[C@H]2C)cc1. The van der Waals surface area contributed by atoms with Crippen molar-refractivity contribution in [3.8, 4) is 0 Å². The largest absolute Gasteiger partial charge is 0.349 e. The number of hydrogen-bond donors (Lipinski definition) is 0. The topological polar surface area (TPSA) is 42.3 Å². The van der Waals surface area contributed by atoms with E-state index in [0.29, 0.717) is 23.9 Å². The summed E-state index contributed by atoms with van der Waals surface area (Å²) < 4.78 is 29.7. The van der Waals surface area contributed by atoms with E-state index in [-0.39, 0.29) is 6.04 Å². The number of rotatable bonds is 4. The molecule has 0 aliphatic carbocycles. The van der Waals surface area contributed by atoms with Gasteiger partial charge in [0.15, 0.2) is 0 Å². The van der Waals surface area contributed by atoms with E-state index in [0.717, 1.165) is 12.1 Å². The minimum Gasteiger partial charge on any atom is -0.349 e. The maximum absolute atomic E-state index is 13.0. The van der Waals surface area contributed by atoms with E-state index in [1.165, 1.54) is 5.56 Å². The fraction of sp³-hybridized carbons (Fsp3) is 0.444. The Morgan fingerprint density at radius 2 is 1.87 bits per heavy atom. The first-order chi connectivity index (χ1) is 10.9. The zero-order chi connectivity index (χ0) is 16.6. The third-order valence-corrected chi connectivity index (χ3v) is 6.94. The van der Waals surface area contributed by atoms with Gasteiger partial charge in [-0.25, -0.2) is 8.42 Å². The van der Waals surface area contributed by atoms with Crippen LogP contribution in [0.2, 0.25) is 0 Å². The summed E-state index contributed by atoms with van der Waals surface area (Å²) in [6, 6.07) is 11.2. The van der Waals surface area contributed by atoms with Gasteiger partial charge in [0.1, 0.15) is 0 Å². The third-order valence-electron chi connectivity index (χ3n) is 4.95. The first-order valence-electron chi connectivity index (χ1n) is 8.22. The summed E-state index contributed by atoms with van der Waals surface area (Å²) in [4.78, 5) is 0.386. The van der Waals surface area contributed by atoms with Crippen molar-refractivity contribution in [3.05, 3.63) is 53.9 Å². The molecule has 0 bridgehead atoms. The molecule has 0 amide bonds. The molecule has 0 spiro atoms. The van der Waals surface area contributed by atoms with Crippen molar-refractivity contribution in [1.82, 2.24) is 8.87 Å². The summed E-state index contributed by atoms with van der Waals surface area (Å²) in [5, 5.41) is 0. The van der Waals surface area contributed by atoms with E-state index < -0.39 is 10.0 Å². The summed E-state index contributed by atoms with van der Waals surface area (Å²) in [5.41, 5.74) is 2.24. The molecular weight excluding hydrogens is 308 g/mol. The predicted octanol–water partition coefficient (Wildman–Crippen LogP) is 3.77. The molecule has 1 aliphatic heterocycles. The van der Waals surface area contributed by atoms with E-state index in [1.807, 2.05) is 37.4 Å². The molecular formula is C18H24N2O2S. The number of nitrogens with zero attached hydrogens (tertiary/aromatic N) is 2. The van der Waals surface area contributed by atoms with Crippen molar-refractivity contribution in [2.75, 3.05) is 6.54 Å². The smallest absolute Gasteiger partial charge is 0.243 e. The van der Waals surface area contributed by atoms with Crippen molar-refractivity contribution in [2.45, 2.75) is 50.6 Å². The third kappa shape index (κ3) is 2.83. The summed E-state index contributed by atoms with van der Waals surface area (Å²) in [6.07, 6.45) is 3.06. The number of aromatic nitrogens is 1. The van der Waals surface area contributed by atoms with Gasteiger partial charge < -0.3 is 4.57 Å². The van der Waals surface area contributed by atoms with Crippen LogP contribution in [0.15, 0.2) is 47.5 Å². The lowest BCUT2D eigenvalue weighted by atomic mass is 9.99. The van der Waals surface area contributed by atoms with Crippen molar-refractivity contribution in [2.24, 2.45) is 0 Å². The van der Waals surface area contributed by atoms with Gasteiger partial charge in [0.25, 0.3) is 0 Å². The first kappa shape index (κ1) is 16.3. The second-order valence-electron chi connectivity index (χ2n) is 6.30. The quantitative estimate of drug-likeness (QED) is 0.855. The number of benzene rings is 1. The fourth-order valence-corrected chi connectivity index (χ4v) is 4.82. The Labute approximate surface area is 138 Å². The second-order valence-corrected chi connectivity index (χ2v) is 8.19. The monoisotopic (exact) mass is 332 g/mol. The van der Waals surface area contributed by atoms with Gasteiger partial charge in [-0.2, -0.15) is 4.31 Å². The molecule has 3 rings (SSSR count). The maximum atomic E-state index is 13.0. The van der Waals surface area contributed by atoms with Crippen LogP contribution in [0.4, 0.5) is 0 Å². The van der Waals surface area contributed by atoms with Crippen LogP contribution in [-0.2, 0) is 16.6 Å². The molecule has 5 heteroatoms. The molecule has 0 saturated heterocycles. The van der Waals surface area contributed by atoms with E-state index in [2.05, 4.69) is 18.4 Å². The highest BCUT2D eigenvalue weighted by molar-refractivity contribution is 7.89. The molecule has 23 heavy (non-hydrogen) atoms. The summed E-state index contributed by atoms with van der Waals surface area (Å²) in [7, 11) is -3.46. The lowest BCUT2D eigenvalue weighted by Crippen LogP contribution is -2.40. The maximum Gasteiger partial charge on any atom is 0.243 e. The van der Waals surface area contributed by atoms with Crippen LogP contribution in [0.3, 0.4) is 0 Å². The second kappa shape index (κ2) is 6.13. The van der Waals surface area contributed by atoms with Crippen LogP contribution in [0.1, 0.15) is 50.4 Å². The molecule has 2 atom stereocenters. The van der Waals surface area contributed by atoms with E-state index in [1.54, 1.807) is 16.4 Å². The number of hydrogen-bond acceptors (Lipinski definition) is 2. The molecule has 124 valence electrons. The van der Waals surface area contributed by atoms with E-state index in [4.69, 9.17) is 0 Å². The molecule has 1 aromatic carbocycles. The number of fused-ring (bicyclic) bond motifs is 1. The van der Waals surface area contributed by atoms with Crippen LogP contribution < -0.4 is 0 Å². The van der Waals surface area contributed by atoms with Gasteiger partial charge in [0.2, 0.25) is 10.0 Å². The van der Waals surface area contributed by atoms with Gasteiger partial charge >= 0.3 is 0 Å². The summed E-state index contributed by atoms with van der Waals surface area (Å²) >= 11 is 0. The highest BCUT2D eigenvalue weighted by Crippen LogP contribution is 2.31. The molecule has 1 aromatic heterocycles. The Balaban J connectivity index is 1.90. The van der Waals surface area contributed by atoms with Gasteiger partial charge in [0, 0.05) is 25.0 Å². The molecule has 4 nitrogen and oxygen atoms in total. The average Bonchev–Trinajstić information content (AvgIpc) is 3.04. The van der Waals surface area contributed by atoms with Crippen LogP contribution in [0, 0.1) is 0 Å². The fourth-order valence-electron chi connectivity index (χ4n) is 3.23. The van der Waals surface area contributed by atoms with E-state index in [9.17, 15) is 8.42 Å². The van der Waals surface area contributed by atoms with Gasteiger partial charge in [-0.15, -0.1) is 0 Å². The number of sulfonamides is 1. The van der Waals surface area contributed by atoms with Crippen LogP contribution in [0.25, 0.3) is 0 Å². The highest BCUT2D eigenvalue weighted by atomic mass is 32.2. The van der Waals surface area contributed by atoms with Crippen LogP contribution in [0.5, 0.6) is 0 Å². The molecule has 2 aromatic rings. The Morgan fingerprint density at radius 3 is 2.52 bits per heavy atom. The minimum atomic E-state index is -3.46. The highest BCUT2D eigenvalue weighted by Gasteiger charge is 2.33. The van der Waals surface area contributed by atoms with Gasteiger partial charge in [0.05, 0.1) is 10.9 Å². The molecule has 0 fully saturated rings. The van der Waals surface area contributed by atoms with Crippen LogP contribution >= 0.6 is 0 Å². The van der Waals surface area contributed by atoms with Crippen molar-refractivity contribution >= 4 is 10.0 Å². The van der Waals surface area contributed by atoms with Crippen molar-refractivity contribution in [1.29, 1.82) is 0 Å². The molecule has 0 radical (unpaired) electrons. The lowest BCUT2D eigenvalue weighted by molar-refractivity contribution is 0.282. The predicted molar refractivity (Wildman–Crippen MR) is 91.9 cm³/mol. The molecule has 0 unspecified atom stereocenters. The normalized spacial score (nSPS) is 20.2. The van der Waals surface area contributed by atoms with E-state index >= 15 is 0 Å². The minimum absolute atomic E-state index is 0.141. The van der Waals surface area contributed by atoms with Gasteiger partial charge in [-0.05, 0) is 49.1 Å². The Morgan fingerprint density at radius 1 is 1.17 bits per heavy atom. The summed E-state index contributed by atoms with van der Waals surface area (Å²) in [6.45, 7) is 7.47. The standard InChI is InChI=1S/C18H24N2O2S/c1-4-14(2)16-7-9-17(10-8-16)23(21,22)20-13-12-19-11-5-6-18(19)15(20)3/h5-11,14-15H,4,12-13H2,1-3H3/t14-,15-/m1/s1. The van der Waals surface area contributed by atoms with Crippen LogP contribution in [-0.4, -0.2) is 23.8 Å².